The van der Waals surface area contributed by atoms with Crippen LogP contribution >= 0.6 is 0 Å². The Morgan fingerprint density at radius 1 is 0.309 bits per heavy atom. The predicted molar refractivity (Wildman–Crippen MR) is 285 cm³/mol. The second kappa shape index (κ2) is 15.2. The molecule has 324 valence electrons. The minimum absolute atomic E-state index is 0.0625. The van der Waals surface area contributed by atoms with E-state index in [0.29, 0.717) is 0 Å². The lowest BCUT2D eigenvalue weighted by atomic mass is 9.78. The molecule has 1 heterocycles. The van der Waals surface area contributed by atoms with Gasteiger partial charge in [-0.2, -0.15) is 0 Å². The van der Waals surface area contributed by atoms with Gasteiger partial charge in [-0.1, -0.05) is 198 Å². The summed E-state index contributed by atoms with van der Waals surface area (Å²) in [5.74, 6) is 0. The highest BCUT2D eigenvalue weighted by molar-refractivity contribution is 6.12. The molecule has 0 saturated carbocycles. The summed E-state index contributed by atoms with van der Waals surface area (Å²) in [6, 6.07) is 82.5. The lowest BCUT2D eigenvalue weighted by Crippen LogP contribution is -2.16. The summed E-state index contributed by atoms with van der Waals surface area (Å²) in [6.07, 6.45) is 0. The Morgan fingerprint density at radius 2 is 0.824 bits per heavy atom. The molecule has 10 aromatic carbocycles. The van der Waals surface area contributed by atoms with Crippen molar-refractivity contribution in [3.05, 3.63) is 247 Å². The minimum Gasteiger partial charge on any atom is -0.456 e. The zero-order chi connectivity index (χ0) is 45.7. The fraction of sp³-hybridized carbons (Fsp3) is 0.0909. The highest BCUT2D eigenvalue weighted by Crippen LogP contribution is 2.54. The van der Waals surface area contributed by atoms with Crippen LogP contribution in [0.3, 0.4) is 0 Å². The molecule has 2 aliphatic rings. The van der Waals surface area contributed by atoms with E-state index in [9.17, 15) is 0 Å². The van der Waals surface area contributed by atoms with E-state index in [2.05, 4.69) is 251 Å². The van der Waals surface area contributed by atoms with E-state index in [0.717, 1.165) is 50.1 Å². The molecule has 2 nitrogen and oxygen atoms in total. The number of anilines is 3. The van der Waals surface area contributed by atoms with E-state index in [1.54, 1.807) is 0 Å². The fourth-order valence-electron chi connectivity index (χ4n) is 11.8. The standard InChI is InChI=1S/C66H49NO/c1-65(2)58-26-10-7-20-52(58)54-39-34-44(41-60(54)65)42-30-35-46(36-31-42)67(48-17-13-16-45(40-48)50-23-15-29-62-63(50)57-22-9-12-28-61(57)68-62)47-37-32-43(33-38-47)49-18-5-6-19-51(49)55-24-14-25-56-53-21-8-11-27-59(53)66(3,4)64(55)56/h5-41H,1-4H3. The van der Waals surface area contributed by atoms with Crippen molar-refractivity contribution in [3.8, 4) is 66.8 Å². The molecule has 2 heteroatoms. The first-order valence-electron chi connectivity index (χ1n) is 23.8. The fourth-order valence-corrected chi connectivity index (χ4v) is 11.8. The third-order valence-electron chi connectivity index (χ3n) is 15.1. The molecule has 0 unspecified atom stereocenters. The molecule has 0 amide bonds. The lowest BCUT2D eigenvalue weighted by Gasteiger charge is -2.27. The summed E-state index contributed by atoms with van der Waals surface area (Å²) < 4.78 is 6.35. The maximum Gasteiger partial charge on any atom is 0.136 e. The molecule has 0 fully saturated rings. The molecule has 11 aromatic rings. The van der Waals surface area contributed by atoms with E-state index in [4.69, 9.17) is 4.42 Å². The number of para-hydroxylation sites is 1. The van der Waals surface area contributed by atoms with Crippen molar-refractivity contribution in [1.82, 2.24) is 0 Å². The normalized spacial score (nSPS) is 13.8. The maximum atomic E-state index is 6.35. The average Bonchev–Trinajstić information content (AvgIpc) is 3.97. The van der Waals surface area contributed by atoms with E-state index >= 15 is 0 Å². The first kappa shape index (κ1) is 40.1. The Hall–Kier alpha value is -8.20. The number of nitrogens with zero attached hydrogens (tertiary/aromatic N) is 1. The molecule has 0 aliphatic heterocycles. The third kappa shape index (κ3) is 6.10. The zero-order valence-corrected chi connectivity index (χ0v) is 38.7. The smallest absolute Gasteiger partial charge is 0.136 e. The van der Waals surface area contributed by atoms with E-state index in [-0.39, 0.29) is 10.8 Å². The van der Waals surface area contributed by atoms with Gasteiger partial charge in [0.15, 0.2) is 0 Å². The number of fused-ring (bicyclic) bond motifs is 9. The molecule has 13 rings (SSSR count). The molecule has 0 bridgehead atoms. The monoisotopic (exact) mass is 871 g/mol. The van der Waals surface area contributed by atoms with Gasteiger partial charge in [0.2, 0.25) is 0 Å². The summed E-state index contributed by atoms with van der Waals surface area (Å²) in [4.78, 5) is 2.39. The van der Waals surface area contributed by atoms with Crippen molar-refractivity contribution < 1.29 is 4.42 Å². The highest BCUT2D eigenvalue weighted by atomic mass is 16.3. The second-order valence-corrected chi connectivity index (χ2v) is 19.6. The first-order chi connectivity index (χ1) is 33.2. The van der Waals surface area contributed by atoms with Gasteiger partial charge in [-0.25, -0.2) is 0 Å². The quantitative estimate of drug-likeness (QED) is 0.159. The van der Waals surface area contributed by atoms with Gasteiger partial charge in [0.25, 0.3) is 0 Å². The summed E-state index contributed by atoms with van der Waals surface area (Å²) in [5.41, 5.74) is 25.4. The average molecular weight is 872 g/mol. The number of benzene rings is 10. The summed E-state index contributed by atoms with van der Waals surface area (Å²) >= 11 is 0. The Labute approximate surface area is 398 Å². The van der Waals surface area contributed by atoms with E-state index in [1.165, 1.54) is 77.9 Å². The molecule has 0 radical (unpaired) electrons. The molecule has 0 atom stereocenters. The molecule has 2 aliphatic carbocycles. The Balaban J connectivity index is 0.914. The van der Waals surface area contributed by atoms with Gasteiger partial charge in [0.1, 0.15) is 11.2 Å². The Bertz CT molecular complexity index is 3790. The molecule has 0 N–H and O–H groups in total. The van der Waals surface area contributed by atoms with Crippen molar-refractivity contribution in [3.63, 3.8) is 0 Å². The van der Waals surface area contributed by atoms with Crippen LogP contribution in [0.25, 0.3) is 88.7 Å². The number of furan rings is 1. The van der Waals surface area contributed by atoms with Crippen molar-refractivity contribution in [2.75, 3.05) is 4.90 Å². The van der Waals surface area contributed by atoms with Gasteiger partial charge in [0.05, 0.1) is 0 Å². The first-order valence-corrected chi connectivity index (χ1v) is 23.8. The van der Waals surface area contributed by atoms with Crippen LogP contribution < -0.4 is 4.90 Å². The van der Waals surface area contributed by atoms with Crippen LogP contribution in [0.4, 0.5) is 17.1 Å². The SMILES string of the molecule is CC1(C)c2ccccc2-c2ccc(-c3ccc(N(c4ccc(-c5ccccc5-c5cccc6c5C(C)(C)c5ccccc5-6)cc4)c4cccc(-c5cccc6oc7ccccc7c56)c4)cc3)cc21. The Kier molecular flexibility index (Phi) is 8.95. The molecular weight excluding hydrogens is 823 g/mol. The lowest BCUT2D eigenvalue weighted by molar-refractivity contribution is 0.660. The minimum atomic E-state index is -0.122. The molecular formula is C66H49NO. The molecule has 68 heavy (non-hydrogen) atoms. The van der Waals surface area contributed by atoms with Gasteiger partial charge in [-0.15, -0.1) is 0 Å². The van der Waals surface area contributed by atoms with Crippen molar-refractivity contribution >= 4 is 39.0 Å². The van der Waals surface area contributed by atoms with E-state index < -0.39 is 0 Å². The highest BCUT2D eigenvalue weighted by Gasteiger charge is 2.38. The van der Waals surface area contributed by atoms with Crippen LogP contribution in [0.2, 0.25) is 0 Å². The molecule has 1 aromatic heterocycles. The topological polar surface area (TPSA) is 16.4 Å². The van der Waals surface area contributed by atoms with Gasteiger partial charge < -0.3 is 9.32 Å². The Morgan fingerprint density at radius 3 is 1.57 bits per heavy atom. The summed E-state index contributed by atoms with van der Waals surface area (Å²) in [6.45, 7) is 9.45. The van der Waals surface area contributed by atoms with Crippen LogP contribution in [-0.2, 0) is 10.8 Å². The molecule has 0 spiro atoms. The van der Waals surface area contributed by atoms with Crippen LogP contribution in [0.15, 0.2) is 229 Å². The van der Waals surface area contributed by atoms with Gasteiger partial charge in [0, 0.05) is 38.7 Å². The van der Waals surface area contributed by atoms with Crippen LogP contribution in [-0.4, -0.2) is 0 Å². The largest absolute Gasteiger partial charge is 0.456 e. The van der Waals surface area contributed by atoms with Gasteiger partial charge >= 0.3 is 0 Å². The maximum absolute atomic E-state index is 6.35. The van der Waals surface area contributed by atoms with Crippen molar-refractivity contribution in [2.45, 2.75) is 38.5 Å². The summed E-state index contributed by atoms with van der Waals surface area (Å²) in [5, 5.41) is 2.26. The van der Waals surface area contributed by atoms with Crippen molar-refractivity contribution in [2.24, 2.45) is 0 Å². The second-order valence-electron chi connectivity index (χ2n) is 19.6. The van der Waals surface area contributed by atoms with Gasteiger partial charge in [-0.05, 0) is 144 Å². The number of hydrogen-bond donors (Lipinski definition) is 0. The van der Waals surface area contributed by atoms with Crippen LogP contribution in [0, 0.1) is 0 Å². The zero-order valence-electron chi connectivity index (χ0n) is 38.7. The number of hydrogen-bond acceptors (Lipinski definition) is 2. The van der Waals surface area contributed by atoms with Crippen LogP contribution in [0.1, 0.15) is 49.9 Å². The van der Waals surface area contributed by atoms with Gasteiger partial charge in [-0.3, -0.25) is 0 Å². The third-order valence-corrected chi connectivity index (χ3v) is 15.1. The summed E-state index contributed by atoms with van der Waals surface area (Å²) in [7, 11) is 0. The molecule has 0 saturated heterocycles. The number of rotatable bonds is 7. The van der Waals surface area contributed by atoms with Crippen LogP contribution in [0.5, 0.6) is 0 Å². The van der Waals surface area contributed by atoms with Crippen molar-refractivity contribution in [1.29, 1.82) is 0 Å². The predicted octanol–water partition coefficient (Wildman–Crippen LogP) is 18.3. The van der Waals surface area contributed by atoms with E-state index in [1.807, 2.05) is 6.07 Å².